The largest absolute Gasteiger partial charge is 0.322 e. The summed E-state index contributed by atoms with van der Waals surface area (Å²) < 4.78 is 0. The van der Waals surface area contributed by atoms with Crippen molar-refractivity contribution in [1.29, 1.82) is 0 Å². The van der Waals surface area contributed by atoms with E-state index in [-0.39, 0.29) is 24.1 Å². The number of carbonyl (C=O) groups is 3. The molecule has 2 aliphatic heterocycles. The van der Waals surface area contributed by atoms with Gasteiger partial charge in [-0.3, -0.25) is 19.7 Å². The van der Waals surface area contributed by atoms with E-state index in [0.29, 0.717) is 18.5 Å². The number of amides is 3. The van der Waals surface area contributed by atoms with E-state index in [9.17, 15) is 14.4 Å². The van der Waals surface area contributed by atoms with Crippen LogP contribution in [0.3, 0.4) is 0 Å². The smallest absolute Gasteiger partial charge is 0.255 e. The Balaban J connectivity index is 1.78. The van der Waals surface area contributed by atoms with Crippen LogP contribution in [0.4, 0.5) is 0 Å². The number of carbonyl (C=O) groups excluding carboxylic acids is 3. The number of benzene rings is 1. The molecule has 1 aromatic carbocycles. The molecule has 3 amide bonds. The zero-order chi connectivity index (χ0) is 15.7. The fraction of sp³-hybridized carbons (Fsp3) is 0.471. The van der Waals surface area contributed by atoms with Gasteiger partial charge in [-0.2, -0.15) is 0 Å². The number of nitrogens with zero attached hydrogens (tertiary/aromatic N) is 1. The number of nitrogens with one attached hydrogen (secondary N) is 1. The predicted octanol–water partition coefficient (Wildman–Crippen LogP) is 1.79. The number of rotatable bonds is 4. The number of hydrogen-bond donors (Lipinski definition) is 1. The van der Waals surface area contributed by atoms with Gasteiger partial charge in [0.2, 0.25) is 11.8 Å². The van der Waals surface area contributed by atoms with Gasteiger partial charge >= 0.3 is 0 Å². The van der Waals surface area contributed by atoms with Crippen molar-refractivity contribution in [3.8, 4) is 0 Å². The van der Waals surface area contributed by atoms with Gasteiger partial charge in [-0.1, -0.05) is 25.5 Å². The molecule has 5 nitrogen and oxygen atoms in total. The number of piperidine rings is 1. The lowest BCUT2D eigenvalue weighted by Gasteiger charge is -2.29. The van der Waals surface area contributed by atoms with E-state index in [2.05, 4.69) is 18.3 Å². The normalized spacial score (nSPS) is 21.0. The van der Waals surface area contributed by atoms with Crippen LogP contribution in [0.2, 0.25) is 0 Å². The van der Waals surface area contributed by atoms with E-state index < -0.39 is 6.04 Å². The van der Waals surface area contributed by atoms with Gasteiger partial charge in [0.25, 0.3) is 5.91 Å². The molecule has 1 aromatic rings. The van der Waals surface area contributed by atoms with E-state index in [1.54, 1.807) is 4.90 Å². The molecule has 3 rings (SSSR count). The third-order valence-corrected chi connectivity index (χ3v) is 4.41. The molecule has 1 N–H and O–H groups in total. The van der Waals surface area contributed by atoms with Crippen LogP contribution >= 0.6 is 0 Å². The number of fused-ring (bicyclic) bond motifs is 1. The van der Waals surface area contributed by atoms with Gasteiger partial charge in [-0.05, 0) is 36.5 Å². The Hall–Kier alpha value is -2.17. The van der Waals surface area contributed by atoms with E-state index in [4.69, 9.17) is 0 Å². The highest BCUT2D eigenvalue weighted by atomic mass is 16.2. The molecule has 5 heteroatoms. The topological polar surface area (TPSA) is 66.5 Å². The first kappa shape index (κ1) is 14.8. The van der Waals surface area contributed by atoms with Crippen LogP contribution in [-0.2, 0) is 22.6 Å². The zero-order valence-electron chi connectivity index (χ0n) is 12.7. The van der Waals surface area contributed by atoms with Crippen molar-refractivity contribution in [2.24, 2.45) is 0 Å². The Kier molecular flexibility index (Phi) is 3.96. The lowest BCUT2D eigenvalue weighted by Crippen LogP contribution is -2.52. The lowest BCUT2D eigenvalue weighted by atomic mass is 10.0. The number of aryl methyl sites for hydroxylation is 1. The minimum atomic E-state index is -0.531. The highest BCUT2D eigenvalue weighted by Gasteiger charge is 2.38. The van der Waals surface area contributed by atoms with Gasteiger partial charge in [-0.25, -0.2) is 0 Å². The highest BCUT2D eigenvalue weighted by molar-refractivity contribution is 6.05. The second kappa shape index (κ2) is 5.91. The minimum absolute atomic E-state index is 0.105. The molecule has 0 bridgehead atoms. The fourth-order valence-electron chi connectivity index (χ4n) is 3.16. The quantitative estimate of drug-likeness (QED) is 0.862. The molecular formula is C17H20N2O3. The molecule has 2 heterocycles. The first-order valence-electron chi connectivity index (χ1n) is 7.86. The van der Waals surface area contributed by atoms with E-state index in [1.807, 2.05) is 12.1 Å². The molecule has 1 unspecified atom stereocenters. The van der Waals surface area contributed by atoms with Gasteiger partial charge in [0.15, 0.2) is 0 Å². The average Bonchev–Trinajstić information content (AvgIpc) is 2.82. The highest BCUT2D eigenvalue weighted by Crippen LogP contribution is 2.28. The van der Waals surface area contributed by atoms with Gasteiger partial charge in [0.05, 0.1) is 0 Å². The molecule has 2 aliphatic rings. The summed E-state index contributed by atoms with van der Waals surface area (Å²) >= 11 is 0. The van der Waals surface area contributed by atoms with E-state index in [1.165, 1.54) is 5.56 Å². The second-order valence-electron chi connectivity index (χ2n) is 6.00. The Morgan fingerprint density at radius 2 is 2.09 bits per heavy atom. The molecule has 1 atom stereocenters. The number of hydrogen-bond acceptors (Lipinski definition) is 3. The monoisotopic (exact) mass is 300 g/mol. The first-order valence-corrected chi connectivity index (χ1v) is 7.86. The molecule has 0 aliphatic carbocycles. The van der Waals surface area contributed by atoms with Crippen LogP contribution in [-0.4, -0.2) is 28.7 Å². The maximum absolute atomic E-state index is 12.5. The lowest BCUT2D eigenvalue weighted by molar-refractivity contribution is -0.136. The van der Waals surface area contributed by atoms with Crippen LogP contribution in [0.15, 0.2) is 18.2 Å². The summed E-state index contributed by atoms with van der Waals surface area (Å²) in [5.74, 6) is -0.720. The second-order valence-corrected chi connectivity index (χ2v) is 6.00. The summed E-state index contributed by atoms with van der Waals surface area (Å²) in [5.41, 5.74) is 2.91. The molecule has 1 saturated heterocycles. The molecule has 0 saturated carbocycles. The molecule has 1 fully saturated rings. The Morgan fingerprint density at radius 1 is 1.27 bits per heavy atom. The Morgan fingerprint density at radius 3 is 2.82 bits per heavy atom. The summed E-state index contributed by atoms with van der Waals surface area (Å²) in [6.07, 6.45) is 3.98. The Bertz CT molecular complexity index is 639. The Labute approximate surface area is 129 Å². The standard InChI is InChI=1S/C17H20N2O3/c1-2-3-4-11-5-6-13-12(9-11)10-19(17(13)22)14-7-8-15(20)18-16(14)21/h5-6,9,14H,2-4,7-8,10H2,1H3,(H,18,20,21). The van der Waals surface area contributed by atoms with Crippen molar-refractivity contribution in [3.63, 3.8) is 0 Å². The predicted molar refractivity (Wildman–Crippen MR) is 81.1 cm³/mol. The van der Waals surface area contributed by atoms with Crippen molar-refractivity contribution in [3.05, 3.63) is 34.9 Å². The summed E-state index contributed by atoms with van der Waals surface area (Å²) in [4.78, 5) is 37.3. The maximum atomic E-state index is 12.5. The van der Waals surface area contributed by atoms with E-state index in [0.717, 1.165) is 24.8 Å². The maximum Gasteiger partial charge on any atom is 0.255 e. The van der Waals surface area contributed by atoms with E-state index >= 15 is 0 Å². The van der Waals surface area contributed by atoms with Crippen LogP contribution in [0.1, 0.15) is 54.1 Å². The van der Waals surface area contributed by atoms with Crippen molar-refractivity contribution < 1.29 is 14.4 Å². The average molecular weight is 300 g/mol. The van der Waals surface area contributed by atoms with Gasteiger partial charge < -0.3 is 4.90 Å². The third-order valence-electron chi connectivity index (χ3n) is 4.41. The van der Waals surface area contributed by atoms with Crippen molar-refractivity contribution in [2.75, 3.05) is 0 Å². The first-order chi connectivity index (χ1) is 10.6. The minimum Gasteiger partial charge on any atom is -0.322 e. The van der Waals surface area contributed by atoms with Gasteiger partial charge in [0, 0.05) is 18.5 Å². The van der Waals surface area contributed by atoms with Crippen LogP contribution in [0, 0.1) is 0 Å². The number of imide groups is 1. The van der Waals surface area contributed by atoms with Gasteiger partial charge in [0.1, 0.15) is 6.04 Å². The van der Waals surface area contributed by atoms with Crippen molar-refractivity contribution in [1.82, 2.24) is 10.2 Å². The SMILES string of the molecule is CCCCc1ccc2c(c1)CN(C1CCC(=O)NC1=O)C2=O. The van der Waals surface area contributed by atoms with Crippen molar-refractivity contribution in [2.45, 2.75) is 51.6 Å². The van der Waals surface area contributed by atoms with Crippen LogP contribution in [0.5, 0.6) is 0 Å². The summed E-state index contributed by atoms with van der Waals surface area (Å²) in [6.45, 7) is 2.61. The molecular weight excluding hydrogens is 280 g/mol. The molecule has 0 spiro atoms. The van der Waals surface area contributed by atoms with Gasteiger partial charge in [-0.15, -0.1) is 0 Å². The number of unbranched alkanes of at least 4 members (excludes halogenated alkanes) is 1. The van der Waals surface area contributed by atoms with Crippen LogP contribution < -0.4 is 5.32 Å². The molecule has 0 aromatic heterocycles. The summed E-state index contributed by atoms with van der Waals surface area (Å²) in [5, 5.41) is 2.32. The molecule has 22 heavy (non-hydrogen) atoms. The van der Waals surface area contributed by atoms with Crippen molar-refractivity contribution >= 4 is 17.7 Å². The summed E-state index contributed by atoms with van der Waals surface area (Å²) in [7, 11) is 0. The zero-order valence-corrected chi connectivity index (χ0v) is 12.7. The molecule has 0 radical (unpaired) electrons. The summed E-state index contributed by atoms with van der Waals surface area (Å²) in [6, 6.07) is 5.42. The van der Waals surface area contributed by atoms with Crippen LogP contribution in [0.25, 0.3) is 0 Å². The molecule has 116 valence electrons. The third kappa shape index (κ3) is 2.63. The fourth-order valence-corrected chi connectivity index (χ4v) is 3.16.